The van der Waals surface area contributed by atoms with Crippen LogP contribution >= 0.6 is 44.1 Å². The van der Waals surface area contributed by atoms with Crippen LogP contribution in [-0.4, -0.2) is 4.99 Å². The van der Waals surface area contributed by atoms with Crippen molar-refractivity contribution in [3.63, 3.8) is 0 Å². The zero-order chi connectivity index (χ0) is 14.7. The van der Waals surface area contributed by atoms with Gasteiger partial charge in [0.1, 0.15) is 4.99 Å². The standard InChI is InChI=1S/C15H14Br2N2S/c1-9(10-2-5-12(16)6-3-10)19-14-7-4-11(15(18)20)8-13(14)17/h2-9,19H,1H3,(H2,18,20). The van der Waals surface area contributed by atoms with Gasteiger partial charge in [0.05, 0.1) is 0 Å². The molecule has 2 nitrogen and oxygen atoms in total. The highest BCUT2D eigenvalue weighted by atomic mass is 79.9. The van der Waals surface area contributed by atoms with E-state index in [1.165, 1.54) is 5.56 Å². The SMILES string of the molecule is CC(Nc1ccc(C(N)=S)cc1Br)c1ccc(Br)cc1. The number of thiocarbonyl (C=S) groups is 1. The van der Waals surface area contributed by atoms with Crippen molar-refractivity contribution in [3.8, 4) is 0 Å². The van der Waals surface area contributed by atoms with Crippen LogP contribution in [-0.2, 0) is 0 Å². The fourth-order valence-corrected chi connectivity index (χ4v) is 2.74. The molecule has 1 atom stereocenters. The molecule has 0 aliphatic carbocycles. The summed E-state index contributed by atoms with van der Waals surface area (Å²) in [5.41, 5.74) is 8.72. The van der Waals surface area contributed by atoms with Crippen molar-refractivity contribution in [2.24, 2.45) is 5.73 Å². The highest BCUT2D eigenvalue weighted by Gasteiger charge is 2.08. The zero-order valence-corrected chi connectivity index (χ0v) is 14.8. The lowest BCUT2D eigenvalue weighted by molar-refractivity contribution is 0.883. The molecule has 1 unspecified atom stereocenters. The molecule has 0 radical (unpaired) electrons. The maximum Gasteiger partial charge on any atom is 0.104 e. The molecule has 0 aliphatic rings. The molecule has 0 fully saturated rings. The van der Waals surface area contributed by atoms with Gasteiger partial charge in [0.2, 0.25) is 0 Å². The van der Waals surface area contributed by atoms with E-state index in [4.69, 9.17) is 18.0 Å². The van der Waals surface area contributed by atoms with Crippen molar-refractivity contribution in [2.45, 2.75) is 13.0 Å². The highest BCUT2D eigenvalue weighted by molar-refractivity contribution is 9.10. The topological polar surface area (TPSA) is 38.0 Å². The maximum atomic E-state index is 5.62. The second-order valence-corrected chi connectivity index (χ2v) is 6.69. The van der Waals surface area contributed by atoms with Crippen LogP contribution in [0.4, 0.5) is 5.69 Å². The van der Waals surface area contributed by atoms with Crippen molar-refractivity contribution in [1.82, 2.24) is 0 Å². The van der Waals surface area contributed by atoms with E-state index in [0.29, 0.717) is 4.99 Å². The average molecular weight is 414 g/mol. The number of anilines is 1. The summed E-state index contributed by atoms with van der Waals surface area (Å²) in [7, 11) is 0. The molecule has 0 bridgehead atoms. The van der Waals surface area contributed by atoms with Crippen LogP contribution in [0, 0.1) is 0 Å². The van der Waals surface area contributed by atoms with Gasteiger partial charge in [-0.25, -0.2) is 0 Å². The van der Waals surface area contributed by atoms with Gasteiger partial charge in [-0.2, -0.15) is 0 Å². The van der Waals surface area contributed by atoms with Gasteiger partial charge in [-0.15, -0.1) is 0 Å². The van der Waals surface area contributed by atoms with Crippen LogP contribution in [0.1, 0.15) is 24.1 Å². The largest absolute Gasteiger partial charge is 0.389 e. The molecule has 0 heterocycles. The lowest BCUT2D eigenvalue weighted by Crippen LogP contribution is -2.10. The lowest BCUT2D eigenvalue weighted by Gasteiger charge is -2.17. The second kappa shape index (κ2) is 6.70. The quantitative estimate of drug-likeness (QED) is 0.691. The smallest absolute Gasteiger partial charge is 0.104 e. The number of hydrogen-bond donors (Lipinski definition) is 2. The molecule has 0 aromatic heterocycles. The van der Waals surface area contributed by atoms with Gasteiger partial charge < -0.3 is 11.1 Å². The molecule has 2 aromatic carbocycles. The van der Waals surface area contributed by atoms with Gasteiger partial charge in [0.25, 0.3) is 0 Å². The molecule has 0 spiro atoms. The van der Waals surface area contributed by atoms with Crippen LogP contribution < -0.4 is 11.1 Å². The summed E-state index contributed by atoms with van der Waals surface area (Å²) in [6.07, 6.45) is 0. The van der Waals surface area contributed by atoms with Crippen LogP contribution in [0.3, 0.4) is 0 Å². The Morgan fingerprint density at radius 3 is 2.35 bits per heavy atom. The Hall–Kier alpha value is -0.910. The minimum atomic E-state index is 0.204. The fraction of sp³-hybridized carbons (Fsp3) is 0.133. The van der Waals surface area contributed by atoms with E-state index < -0.39 is 0 Å². The molecule has 0 saturated heterocycles. The first-order chi connectivity index (χ1) is 9.47. The third-order valence-electron chi connectivity index (χ3n) is 3.00. The fourth-order valence-electron chi connectivity index (χ4n) is 1.85. The molecule has 2 rings (SSSR count). The molecule has 5 heteroatoms. The average Bonchev–Trinajstić information content (AvgIpc) is 2.41. The number of nitrogens with one attached hydrogen (secondary N) is 1. The molecular formula is C15H14Br2N2S. The van der Waals surface area contributed by atoms with Gasteiger partial charge in [-0.3, -0.25) is 0 Å². The minimum Gasteiger partial charge on any atom is -0.389 e. The van der Waals surface area contributed by atoms with Gasteiger partial charge in [0, 0.05) is 26.2 Å². The molecule has 0 aliphatic heterocycles. The first-order valence-corrected chi connectivity index (χ1v) is 8.08. The van der Waals surface area contributed by atoms with Gasteiger partial charge in [-0.1, -0.05) is 40.3 Å². The van der Waals surface area contributed by atoms with Gasteiger partial charge in [-0.05, 0) is 58.7 Å². The molecule has 3 N–H and O–H groups in total. The van der Waals surface area contributed by atoms with Gasteiger partial charge in [0.15, 0.2) is 0 Å². The summed E-state index contributed by atoms with van der Waals surface area (Å²) in [5.74, 6) is 0. The molecule has 104 valence electrons. The van der Waals surface area contributed by atoms with E-state index in [9.17, 15) is 0 Å². The normalized spacial score (nSPS) is 11.9. The summed E-state index contributed by atoms with van der Waals surface area (Å²) in [5, 5.41) is 3.47. The summed E-state index contributed by atoms with van der Waals surface area (Å²) < 4.78 is 2.03. The molecule has 2 aromatic rings. The van der Waals surface area contributed by atoms with Crippen molar-refractivity contribution in [2.75, 3.05) is 5.32 Å². The summed E-state index contributed by atoms with van der Waals surface area (Å²) in [6.45, 7) is 2.12. The van der Waals surface area contributed by atoms with Crippen LogP contribution in [0.2, 0.25) is 0 Å². The van der Waals surface area contributed by atoms with Crippen LogP contribution in [0.5, 0.6) is 0 Å². The summed E-state index contributed by atoms with van der Waals surface area (Å²) in [6, 6.07) is 14.3. The van der Waals surface area contributed by atoms with E-state index in [-0.39, 0.29) is 6.04 Å². The predicted molar refractivity (Wildman–Crippen MR) is 96.2 cm³/mol. The number of nitrogens with two attached hydrogens (primary N) is 1. The first-order valence-electron chi connectivity index (χ1n) is 6.08. The monoisotopic (exact) mass is 412 g/mol. The Morgan fingerprint density at radius 2 is 1.80 bits per heavy atom. The molecule has 20 heavy (non-hydrogen) atoms. The second-order valence-electron chi connectivity index (χ2n) is 4.48. The van der Waals surface area contributed by atoms with Crippen molar-refractivity contribution in [3.05, 3.63) is 62.5 Å². The highest BCUT2D eigenvalue weighted by Crippen LogP contribution is 2.28. The Balaban J connectivity index is 2.17. The summed E-state index contributed by atoms with van der Waals surface area (Å²) in [4.78, 5) is 0.401. The predicted octanol–water partition coefficient (Wildman–Crippen LogP) is 5.02. The maximum absolute atomic E-state index is 5.62. The third-order valence-corrected chi connectivity index (χ3v) is 4.42. The Bertz CT molecular complexity index is 626. The molecule has 0 saturated carbocycles. The van der Waals surface area contributed by atoms with Crippen molar-refractivity contribution >= 4 is 54.8 Å². The van der Waals surface area contributed by atoms with E-state index in [0.717, 1.165) is 20.2 Å². The number of halogens is 2. The van der Waals surface area contributed by atoms with Crippen molar-refractivity contribution in [1.29, 1.82) is 0 Å². The Kier molecular flexibility index (Phi) is 5.18. The van der Waals surface area contributed by atoms with E-state index >= 15 is 0 Å². The zero-order valence-electron chi connectivity index (χ0n) is 10.9. The Morgan fingerprint density at radius 1 is 1.15 bits per heavy atom. The summed E-state index contributed by atoms with van der Waals surface area (Å²) >= 11 is 12.0. The van der Waals surface area contributed by atoms with Crippen LogP contribution in [0.15, 0.2) is 51.4 Å². The number of rotatable bonds is 4. The van der Waals surface area contributed by atoms with Gasteiger partial charge >= 0.3 is 0 Å². The third kappa shape index (κ3) is 3.81. The molecular weight excluding hydrogens is 400 g/mol. The Labute approximate surface area is 141 Å². The van der Waals surface area contributed by atoms with E-state index in [2.05, 4.69) is 56.2 Å². The number of hydrogen-bond acceptors (Lipinski definition) is 2. The van der Waals surface area contributed by atoms with Crippen LogP contribution in [0.25, 0.3) is 0 Å². The van der Waals surface area contributed by atoms with E-state index in [1.807, 2.05) is 30.3 Å². The number of benzene rings is 2. The van der Waals surface area contributed by atoms with Crippen molar-refractivity contribution < 1.29 is 0 Å². The van der Waals surface area contributed by atoms with E-state index in [1.54, 1.807) is 0 Å². The first kappa shape index (κ1) is 15.5. The lowest BCUT2D eigenvalue weighted by atomic mass is 10.1. The molecule has 0 amide bonds. The minimum absolute atomic E-state index is 0.204.